The van der Waals surface area contributed by atoms with E-state index in [1.54, 1.807) is 0 Å². The van der Waals surface area contributed by atoms with Gasteiger partial charge in [0.05, 0.1) is 0 Å². The van der Waals surface area contributed by atoms with Crippen LogP contribution in [-0.4, -0.2) is 37.2 Å². The first kappa shape index (κ1) is 73.1. The van der Waals surface area contributed by atoms with E-state index >= 15 is 0 Å². The minimum atomic E-state index is -0.783. The average molecular weight is 1070 g/mol. The highest BCUT2D eigenvalue weighted by atomic mass is 16.6. The molecular formula is C71H120O6. The first-order chi connectivity index (χ1) is 38.0. The molecule has 0 saturated heterocycles. The zero-order valence-electron chi connectivity index (χ0n) is 50.4. The second-order valence-electron chi connectivity index (χ2n) is 21.3. The Morgan fingerprint density at radius 1 is 0.273 bits per heavy atom. The number of carbonyl (C=O) groups excluding carboxylic acids is 3. The van der Waals surface area contributed by atoms with Crippen LogP contribution in [-0.2, 0) is 28.6 Å². The van der Waals surface area contributed by atoms with Crippen molar-refractivity contribution in [3.05, 3.63) is 109 Å². The number of ether oxygens (including phenoxy) is 3. The predicted octanol–water partition coefficient (Wildman–Crippen LogP) is 22.2. The van der Waals surface area contributed by atoms with Gasteiger partial charge in [0.15, 0.2) is 6.10 Å². The summed E-state index contributed by atoms with van der Waals surface area (Å²) < 4.78 is 16.9. The van der Waals surface area contributed by atoms with Gasteiger partial charge in [0.1, 0.15) is 13.2 Å². The van der Waals surface area contributed by atoms with Gasteiger partial charge in [0, 0.05) is 19.3 Å². The van der Waals surface area contributed by atoms with Crippen molar-refractivity contribution in [1.82, 2.24) is 0 Å². The molecule has 0 rings (SSSR count). The van der Waals surface area contributed by atoms with Gasteiger partial charge in [-0.15, -0.1) is 0 Å². The summed E-state index contributed by atoms with van der Waals surface area (Å²) in [6, 6.07) is 0. The van der Waals surface area contributed by atoms with Gasteiger partial charge in [0.25, 0.3) is 0 Å². The Hall–Kier alpha value is -3.93. The molecule has 0 aromatic carbocycles. The number of unbranched alkanes of at least 4 members (excludes halogenated alkanes) is 29. The van der Waals surface area contributed by atoms with E-state index in [1.165, 1.54) is 128 Å². The predicted molar refractivity (Wildman–Crippen MR) is 334 cm³/mol. The lowest BCUT2D eigenvalue weighted by atomic mass is 10.0. The summed E-state index contributed by atoms with van der Waals surface area (Å²) in [6.07, 6.45) is 88.1. The van der Waals surface area contributed by atoms with Crippen LogP contribution in [0.15, 0.2) is 109 Å². The molecule has 0 bridgehead atoms. The molecule has 6 nitrogen and oxygen atoms in total. The summed E-state index contributed by atoms with van der Waals surface area (Å²) in [4.78, 5) is 38.2. The van der Waals surface area contributed by atoms with Crippen LogP contribution >= 0.6 is 0 Å². The molecule has 0 aromatic rings. The number of rotatable bonds is 58. The minimum absolute atomic E-state index is 0.0801. The smallest absolute Gasteiger partial charge is 0.306 e. The molecule has 0 N–H and O–H groups in total. The summed E-state index contributed by atoms with van der Waals surface area (Å²) in [5.74, 6) is -0.891. The molecule has 0 fully saturated rings. The van der Waals surface area contributed by atoms with Gasteiger partial charge in [-0.05, 0) is 89.9 Å². The van der Waals surface area contributed by atoms with E-state index in [2.05, 4.69) is 130 Å². The maximum atomic E-state index is 12.9. The Morgan fingerprint density at radius 3 is 0.792 bits per heavy atom. The largest absolute Gasteiger partial charge is 0.462 e. The van der Waals surface area contributed by atoms with Crippen molar-refractivity contribution in [1.29, 1.82) is 0 Å². The maximum Gasteiger partial charge on any atom is 0.306 e. The van der Waals surface area contributed by atoms with Crippen molar-refractivity contribution in [3.63, 3.8) is 0 Å². The number of carbonyl (C=O) groups is 3. The number of esters is 3. The lowest BCUT2D eigenvalue weighted by Crippen LogP contribution is -2.30. The number of allylic oxidation sites excluding steroid dienone is 18. The quantitative estimate of drug-likeness (QED) is 0.0261. The van der Waals surface area contributed by atoms with Crippen LogP contribution in [0.25, 0.3) is 0 Å². The van der Waals surface area contributed by atoms with Crippen molar-refractivity contribution in [3.8, 4) is 0 Å². The van der Waals surface area contributed by atoms with E-state index in [4.69, 9.17) is 14.2 Å². The number of hydrogen-bond acceptors (Lipinski definition) is 6. The lowest BCUT2D eigenvalue weighted by Gasteiger charge is -2.18. The average Bonchev–Trinajstić information content (AvgIpc) is 3.43. The van der Waals surface area contributed by atoms with Crippen LogP contribution in [0, 0.1) is 0 Å². The molecule has 0 saturated carbocycles. The van der Waals surface area contributed by atoms with Gasteiger partial charge in [0.2, 0.25) is 0 Å². The van der Waals surface area contributed by atoms with E-state index in [0.29, 0.717) is 19.3 Å². The Morgan fingerprint density at radius 2 is 0.506 bits per heavy atom. The fourth-order valence-corrected chi connectivity index (χ4v) is 8.97. The van der Waals surface area contributed by atoms with E-state index in [9.17, 15) is 14.4 Å². The standard InChI is InChI=1S/C71H120O6/c1-4-7-10-13-16-19-22-25-27-28-29-30-31-32-33-34-35-36-37-38-39-40-41-42-43-44-45-47-49-52-55-58-61-64-70(73)76-67-68(66-75-69(72)63-60-57-54-51-48-24-21-18-15-12-9-6-3)77-71(74)65-62-59-56-53-50-46-26-23-20-17-14-11-8-5-2/h7,10,16,19,25,27,29-30,32-33,35-36,38-39,41-42,44-45,68H,4-6,8-9,11-15,17-18,20-24,26,28,31,34,37,40,43,46-67H2,1-3H3/b10-7-,19-16-,27-25-,30-29-,33-32-,36-35-,39-38-,42-41-,45-44-. The fourth-order valence-electron chi connectivity index (χ4n) is 8.97. The van der Waals surface area contributed by atoms with Crippen molar-refractivity contribution in [2.24, 2.45) is 0 Å². The highest BCUT2D eigenvalue weighted by molar-refractivity contribution is 5.71. The first-order valence-electron chi connectivity index (χ1n) is 32.4. The second kappa shape index (κ2) is 64.6. The van der Waals surface area contributed by atoms with Crippen molar-refractivity contribution >= 4 is 17.9 Å². The molecule has 0 radical (unpaired) electrons. The van der Waals surface area contributed by atoms with Gasteiger partial charge >= 0.3 is 17.9 Å². The topological polar surface area (TPSA) is 78.9 Å². The molecule has 6 heteroatoms. The third-order valence-corrected chi connectivity index (χ3v) is 13.8. The third kappa shape index (κ3) is 62.8. The normalized spacial score (nSPS) is 12.8. The molecule has 0 aliphatic heterocycles. The van der Waals surface area contributed by atoms with Crippen LogP contribution in [0.1, 0.15) is 303 Å². The van der Waals surface area contributed by atoms with Crippen molar-refractivity contribution in [2.45, 2.75) is 309 Å². The fraction of sp³-hybridized carbons (Fsp3) is 0.704. The van der Waals surface area contributed by atoms with Crippen LogP contribution in [0.5, 0.6) is 0 Å². The van der Waals surface area contributed by atoms with Gasteiger partial charge < -0.3 is 14.2 Å². The molecule has 77 heavy (non-hydrogen) atoms. The van der Waals surface area contributed by atoms with E-state index in [-0.39, 0.29) is 31.1 Å². The third-order valence-electron chi connectivity index (χ3n) is 13.8. The molecule has 0 amide bonds. The monoisotopic (exact) mass is 1070 g/mol. The Balaban J connectivity index is 4.27. The lowest BCUT2D eigenvalue weighted by molar-refractivity contribution is -0.167. The van der Waals surface area contributed by atoms with Crippen molar-refractivity contribution < 1.29 is 28.6 Å². The van der Waals surface area contributed by atoms with E-state index in [1.807, 2.05) is 0 Å². The summed E-state index contributed by atoms with van der Waals surface area (Å²) in [5, 5.41) is 0. The summed E-state index contributed by atoms with van der Waals surface area (Å²) in [6.45, 7) is 6.53. The van der Waals surface area contributed by atoms with Gasteiger partial charge in [-0.2, -0.15) is 0 Å². The molecule has 1 atom stereocenters. The molecule has 0 aliphatic carbocycles. The first-order valence-corrected chi connectivity index (χ1v) is 32.4. The Kier molecular flexibility index (Phi) is 61.3. The highest BCUT2D eigenvalue weighted by Gasteiger charge is 2.19. The summed E-state index contributed by atoms with van der Waals surface area (Å²) in [7, 11) is 0. The molecule has 0 spiro atoms. The van der Waals surface area contributed by atoms with Crippen LogP contribution in [0.4, 0.5) is 0 Å². The summed E-state index contributed by atoms with van der Waals surface area (Å²) in [5.41, 5.74) is 0. The molecular weight excluding hydrogens is 949 g/mol. The van der Waals surface area contributed by atoms with Gasteiger partial charge in [-0.25, -0.2) is 0 Å². The Labute approximate surface area is 476 Å². The molecule has 0 aromatic heterocycles. The summed E-state index contributed by atoms with van der Waals surface area (Å²) >= 11 is 0. The van der Waals surface area contributed by atoms with E-state index in [0.717, 1.165) is 135 Å². The number of hydrogen-bond donors (Lipinski definition) is 0. The zero-order chi connectivity index (χ0) is 55.7. The van der Waals surface area contributed by atoms with Gasteiger partial charge in [-0.3, -0.25) is 14.4 Å². The molecule has 0 aliphatic rings. The molecule has 0 heterocycles. The minimum Gasteiger partial charge on any atom is -0.462 e. The van der Waals surface area contributed by atoms with Crippen LogP contribution in [0.3, 0.4) is 0 Å². The zero-order valence-corrected chi connectivity index (χ0v) is 50.4. The maximum absolute atomic E-state index is 12.9. The Bertz CT molecular complexity index is 1560. The van der Waals surface area contributed by atoms with Gasteiger partial charge in [-0.1, -0.05) is 304 Å². The van der Waals surface area contributed by atoms with Crippen LogP contribution in [0.2, 0.25) is 0 Å². The molecule has 440 valence electrons. The SMILES string of the molecule is CC/C=C\C/C=C\C/C=C\C/C=C\C/C=C\C/C=C\C/C=C\C/C=C\C/C=C\CCCCCCCC(=O)OCC(COC(=O)CCCCCCCCCCCCCC)OC(=O)CCCCCCCCCCCCCCCC. The highest BCUT2D eigenvalue weighted by Crippen LogP contribution is 2.16. The van der Waals surface area contributed by atoms with E-state index < -0.39 is 6.10 Å². The van der Waals surface area contributed by atoms with Crippen LogP contribution < -0.4 is 0 Å². The van der Waals surface area contributed by atoms with Crippen molar-refractivity contribution in [2.75, 3.05) is 13.2 Å². The second-order valence-corrected chi connectivity index (χ2v) is 21.3. The molecule has 1 unspecified atom stereocenters.